The zero-order valence-corrected chi connectivity index (χ0v) is 17.7. The van der Waals surface area contributed by atoms with E-state index in [0.29, 0.717) is 29.9 Å². The van der Waals surface area contributed by atoms with Gasteiger partial charge >= 0.3 is 0 Å². The van der Waals surface area contributed by atoms with Crippen molar-refractivity contribution in [3.8, 4) is 0 Å². The van der Waals surface area contributed by atoms with Gasteiger partial charge in [0.05, 0.1) is 11.6 Å². The summed E-state index contributed by atoms with van der Waals surface area (Å²) in [7, 11) is 1.76. The van der Waals surface area contributed by atoms with Gasteiger partial charge in [0.25, 0.3) is 0 Å². The highest BCUT2D eigenvalue weighted by Gasteiger charge is 2.34. The molecule has 3 rings (SSSR count). The summed E-state index contributed by atoms with van der Waals surface area (Å²) in [5, 5.41) is 15.0. The molecule has 0 radical (unpaired) electrons. The largest absolute Gasteiger partial charge is 0.342 e. The van der Waals surface area contributed by atoms with E-state index in [4.69, 9.17) is 0 Å². The molecule has 0 bridgehead atoms. The number of rotatable bonds is 6. The first-order valence-electron chi connectivity index (χ1n) is 8.62. The number of amides is 2. The van der Waals surface area contributed by atoms with Crippen molar-refractivity contribution in [2.45, 2.75) is 30.3 Å². The summed E-state index contributed by atoms with van der Waals surface area (Å²) in [4.78, 5) is 27.5. The SMILES string of the molecule is CC(C)CN1CC(C(=O)Nc2cc(Br)ccc2Sc2nnnn2C)CC1=O. The number of aromatic nitrogens is 4. The van der Waals surface area contributed by atoms with Crippen LogP contribution in [-0.2, 0) is 16.6 Å². The second-order valence-corrected chi connectivity index (χ2v) is 8.84. The van der Waals surface area contributed by atoms with Crippen LogP contribution in [0.1, 0.15) is 20.3 Å². The molecule has 0 aliphatic carbocycles. The molecule has 1 aliphatic heterocycles. The molecule has 27 heavy (non-hydrogen) atoms. The van der Waals surface area contributed by atoms with E-state index in [1.807, 2.05) is 18.2 Å². The smallest absolute Gasteiger partial charge is 0.229 e. The highest BCUT2D eigenvalue weighted by atomic mass is 79.9. The summed E-state index contributed by atoms with van der Waals surface area (Å²) >= 11 is 4.80. The van der Waals surface area contributed by atoms with Gasteiger partial charge in [0.15, 0.2) is 0 Å². The molecular formula is C17H21BrN6O2S. The Hall–Kier alpha value is -1.94. The first-order chi connectivity index (χ1) is 12.8. The highest BCUT2D eigenvalue weighted by Crippen LogP contribution is 2.34. The van der Waals surface area contributed by atoms with E-state index >= 15 is 0 Å². The molecule has 8 nitrogen and oxygen atoms in total. The molecular weight excluding hydrogens is 432 g/mol. The number of likely N-dealkylation sites (tertiary alicyclic amines) is 1. The Morgan fingerprint density at radius 2 is 2.22 bits per heavy atom. The Labute approximate surface area is 170 Å². The van der Waals surface area contributed by atoms with Crippen LogP contribution in [0, 0.1) is 11.8 Å². The van der Waals surface area contributed by atoms with E-state index < -0.39 is 0 Å². The van der Waals surface area contributed by atoms with Gasteiger partial charge in [-0.1, -0.05) is 29.8 Å². The molecule has 2 aromatic rings. The van der Waals surface area contributed by atoms with E-state index in [9.17, 15) is 9.59 Å². The molecule has 10 heteroatoms. The lowest BCUT2D eigenvalue weighted by molar-refractivity contribution is -0.128. The standard InChI is InChI=1S/C17H21BrN6O2S/c1-10(2)8-24-9-11(6-15(24)25)16(26)19-13-7-12(18)4-5-14(13)27-17-20-21-22-23(17)3/h4-5,7,10-11H,6,8-9H2,1-3H3,(H,19,26). The second-order valence-electron chi connectivity index (χ2n) is 6.91. The summed E-state index contributed by atoms with van der Waals surface area (Å²) in [6.07, 6.45) is 0.252. The maximum absolute atomic E-state index is 12.8. The Kier molecular flexibility index (Phi) is 6.15. The van der Waals surface area contributed by atoms with Gasteiger partial charge in [0, 0.05) is 35.9 Å². The van der Waals surface area contributed by atoms with Crippen molar-refractivity contribution in [1.29, 1.82) is 0 Å². The number of carbonyl (C=O) groups excluding carboxylic acids is 2. The first-order valence-corrected chi connectivity index (χ1v) is 10.2. The third kappa shape index (κ3) is 4.86. The van der Waals surface area contributed by atoms with Crippen molar-refractivity contribution in [3.05, 3.63) is 22.7 Å². The van der Waals surface area contributed by atoms with Gasteiger partial charge < -0.3 is 10.2 Å². The van der Waals surface area contributed by atoms with Crippen molar-refractivity contribution < 1.29 is 9.59 Å². The lowest BCUT2D eigenvalue weighted by atomic mass is 10.1. The maximum atomic E-state index is 12.8. The fraction of sp³-hybridized carbons (Fsp3) is 0.471. The zero-order valence-electron chi connectivity index (χ0n) is 15.3. The quantitative estimate of drug-likeness (QED) is 0.723. The number of benzene rings is 1. The van der Waals surface area contributed by atoms with E-state index in [2.05, 4.69) is 50.6 Å². The Morgan fingerprint density at radius 1 is 1.44 bits per heavy atom. The van der Waals surface area contributed by atoms with Crippen LogP contribution < -0.4 is 5.32 Å². The Balaban J connectivity index is 1.73. The van der Waals surface area contributed by atoms with Crippen molar-refractivity contribution >= 4 is 45.2 Å². The van der Waals surface area contributed by atoms with Crippen LogP contribution in [0.3, 0.4) is 0 Å². The van der Waals surface area contributed by atoms with Gasteiger partial charge in [-0.2, -0.15) is 0 Å². The number of aryl methyl sites for hydroxylation is 1. The predicted molar refractivity (Wildman–Crippen MR) is 105 cm³/mol. The molecule has 1 fully saturated rings. The van der Waals surface area contributed by atoms with Gasteiger partial charge in [-0.3, -0.25) is 9.59 Å². The van der Waals surface area contributed by atoms with Crippen LogP contribution in [0.2, 0.25) is 0 Å². The third-order valence-corrected chi connectivity index (χ3v) is 5.75. The van der Waals surface area contributed by atoms with E-state index in [1.54, 1.807) is 16.6 Å². The molecule has 1 N–H and O–H groups in total. The van der Waals surface area contributed by atoms with Crippen molar-refractivity contribution in [2.75, 3.05) is 18.4 Å². The minimum atomic E-state index is -0.343. The van der Waals surface area contributed by atoms with Gasteiger partial charge in [0.2, 0.25) is 17.0 Å². The van der Waals surface area contributed by atoms with Crippen LogP contribution in [0.5, 0.6) is 0 Å². The Bertz CT molecular complexity index is 856. The molecule has 1 aromatic carbocycles. The lowest BCUT2D eigenvalue weighted by Crippen LogP contribution is -2.31. The molecule has 2 heterocycles. The minimum absolute atomic E-state index is 0.0397. The molecule has 0 saturated carbocycles. The fourth-order valence-electron chi connectivity index (χ4n) is 2.89. The van der Waals surface area contributed by atoms with Gasteiger partial charge in [0.1, 0.15) is 0 Å². The summed E-state index contributed by atoms with van der Waals surface area (Å²) in [6.45, 7) is 5.27. The van der Waals surface area contributed by atoms with Crippen molar-refractivity contribution in [2.24, 2.45) is 18.9 Å². The number of carbonyl (C=O) groups is 2. The van der Waals surface area contributed by atoms with E-state index in [-0.39, 0.29) is 24.2 Å². The van der Waals surface area contributed by atoms with Crippen molar-refractivity contribution in [1.82, 2.24) is 25.1 Å². The predicted octanol–water partition coefficient (Wildman–Crippen LogP) is 2.57. The fourth-order valence-corrected chi connectivity index (χ4v) is 4.05. The van der Waals surface area contributed by atoms with Crippen LogP contribution >= 0.6 is 27.7 Å². The maximum Gasteiger partial charge on any atom is 0.229 e. The van der Waals surface area contributed by atoms with E-state index in [1.165, 1.54) is 11.8 Å². The Morgan fingerprint density at radius 3 is 2.89 bits per heavy atom. The van der Waals surface area contributed by atoms with E-state index in [0.717, 1.165) is 9.37 Å². The molecule has 2 amide bonds. The van der Waals surface area contributed by atoms with Gasteiger partial charge in [-0.25, -0.2) is 4.68 Å². The number of nitrogens with zero attached hydrogens (tertiary/aromatic N) is 5. The highest BCUT2D eigenvalue weighted by molar-refractivity contribution is 9.10. The number of anilines is 1. The van der Waals surface area contributed by atoms with Crippen LogP contribution in [0.4, 0.5) is 5.69 Å². The monoisotopic (exact) mass is 452 g/mol. The average molecular weight is 453 g/mol. The van der Waals surface area contributed by atoms with Crippen molar-refractivity contribution in [3.63, 3.8) is 0 Å². The van der Waals surface area contributed by atoms with Crippen LogP contribution in [-0.4, -0.2) is 50.0 Å². The number of nitrogens with one attached hydrogen (secondary N) is 1. The van der Waals surface area contributed by atoms with Gasteiger partial charge in [-0.15, -0.1) is 5.10 Å². The number of hydrogen-bond donors (Lipinski definition) is 1. The topological polar surface area (TPSA) is 93.0 Å². The average Bonchev–Trinajstić information content (AvgIpc) is 3.16. The second kappa shape index (κ2) is 8.39. The van der Waals surface area contributed by atoms with Gasteiger partial charge in [-0.05, 0) is 46.3 Å². The molecule has 1 aliphatic rings. The summed E-state index contributed by atoms with van der Waals surface area (Å²) in [6, 6.07) is 5.63. The third-order valence-electron chi connectivity index (χ3n) is 4.15. The zero-order chi connectivity index (χ0) is 19.6. The van der Waals surface area contributed by atoms with Crippen LogP contribution in [0.25, 0.3) is 0 Å². The number of halogens is 1. The minimum Gasteiger partial charge on any atom is -0.342 e. The van der Waals surface area contributed by atoms with Crippen LogP contribution in [0.15, 0.2) is 32.7 Å². The number of hydrogen-bond acceptors (Lipinski definition) is 6. The molecule has 1 aromatic heterocycles. The summed E-state index contributed by atoms with van der Waals surface area (Å²) in [5.41, 5.74) is 0.664. The summed E-state index contributed by atoms with van der Waals surface area (Å²) < 4.78 is 2.42. The molecule has 1 unspecified atom stereocenters. The summed E-state index contributed by atoms with van der Waals surface area (Å²) in [5.74, 6) is -0.0723. The normalized spacial score (nSPS) is 17.0. The number of tetrazole rings is 1. The molecule has 144 valence electrons. The lowest BCUT2D eigenvalue weighted by Gasteiger charge is -2.19. The molecule has 0 spiro atoms. The molecule has 1 atom stereocenters. The first kappa shape index (κ1) is 19.8. The molecule has 1 saturated heterocycles.